The van der Waals surface area contributed by atoms with Gasteiger partial charge in [0.15, 0.2) is 0 Å². The summed E-state index contributed by atoms with van der Waals surface area (Å²) in [7, 11) is 0. The van der Waals surface area contributed by atoms with E-state index in [-0.39, 0.29) is 23.6 Å². The highest BCUT2D eigenvalue weighted by Crippen LogP contribution is 2.17. The minimum Gasteiger partial charge on any atom is -0.491 e. The molecule has 0 saturated heterocycles. The van der Waals surface area contributed by atoms with E-state index < -0.39 is 0 Å². The minimum absolute atomic E-state index is 0.0860. The Hall–Kier alpha value is -3.15. The number of carbonyl (C=O) groups excluding carboxylic acids is 2. The number of ether oxygens (including phenoxy) is 1. The Labute approximate surface area is 146 Å². The molecule has 0 fully saturated rings. The largest absolute Gasteiger partial charge is 0.491 e. The van der Waals surface area contributed by atoms with E-state index in [9.17, 15) is 9.59 Å². The maximum Gasteiger partial charge on any atom is 0.270 e. The third-order valence-corrected chi connectivity index (χ3v) is 3.15. The summed E-state index contributed by atoms with van der Waals surface area (Å²) < 4.78 is 5.56. The van der Waals surface area contributed by atoms with Gasteiger partial charge in [-0.1, -0.05) is 6.08 Å². The molecule has 2 aromatic rings. The van der Waals surface area contributed by atoms with Crippen LogP contribution >= 0.6 is 0 Å². The van der Waals surface area contributed by atoms with Crippen molar-refractivity contribution in [1.29, 1.82) is 0 Å². The van der Waals surface area contributed by atoms with Gasteiger partial charge < -0.3 is 15.4 Å². The molecule has 0 aliphatic rings. The number of nitrogens with one attached hydrogen (secondary N) is 2. The fourth-order valence-corrected chi connectivity index (χ4v) is 2.04. The van der Waals surface area contributed by atoms with Crippen LogP contribution in [0.2, 0.25) is 0 Å². The Morgan fingerprint density at radius 1 is 1.20 bits per heavy atom. The number of hydrogen-bond acceptors (Lipinski definition) is 4. The zero-order valence-corrected chi connectivity index (χ0v) is 14.3. The van der Waals surface area contributed by atoms with Crippen LogP contribution in [0.3, 0.4) is 0 Å². The molecule has 0 aliphatic heterocycles. The molecule has 2 rings (SSSR count). The lowest BCUT2D eigenvalue weighted by atomic mass is 10.2. The summed E-state index contributed by atoms with van der Waals surface area (Å²) >= 11 is 0. The predicted molar refractivity (Wildman–Crippen MR) is 96.9 cm³/mol. The first-order valence-electron chi connectivity index (χ1n) is 7.93. The van der Waals surface area contributed by atoms with E-state index in [0.29, 0.717) is 17.8 Å². The normalized spacial score (nSPS) is 10.2. The van der Waals surface area contributed by atoms with Crippen molar-refractivity contribution < 1.29 is 14.3 Å². The first-order valence-corrected chi connectivity index (χ1v) is 7.93. The number of carbonyl (C=O) groups is 2. The summed E-state index contributed by atoms with van der Waals surface area (Å²) in [6, 6.07) is 10.1. The van der Waals surface area contributed by atoms with Crippen molar-refractivity contribution in [1.82, 2.24) is 10.3 Å². The Morgan fingerprint density at radius 3 is 2.56 bits per heavy atom. The summed E-state index contributed by atoms with van der Waals surface area (Å²) in [5, 5.41) is 5.40. The van der Waals surface area contributed by atoms with Gasteiger partial charge in [-0.25, -0.2) is 0 Å². The lowest BCUT2D eigenvalue weighted by Crippen LogP contribution is -2.24. The molecule has 2 amide bonds. The number of pyridine rings is 1. The highest BCUT2D eigenvalue weighted by atomic mass is 16.5. The second kappa shape index (κ2) is 8.63. The van der Waals surface area contributed by atoms with Crippen LogP contribution in [0, 0.1) is 0 Å². The number of aromatic nitrogens is 1. The van der Waals surface area contributed by atoms with Crippen LogP contribution in [0.4, 0.5) is 5.69 Å². The molecule has 0 spiro atoms. The Bertz CT molecular complexity index is 755. The van der Waals surface area contributed by atoms with Crippen LogP contribution in [0.15, 0.2) is 55.3 Å². The van der Waals surface area contributed by atoms with Crippen molar-refractivity contribution in [3.05, 3.63) is 66.5 Å². The molecule has 6 heteroatoms. The summed E-state index contributed by atoms with van der Waals surface area (Å²) in [4.78, 5) is 28.2. The SMILES string of the molecule is C=CCNC(=O)c1cc(C(=O)Nc2ccc(OC(C)C)cc2)ccn1. The Kier molecular flexibility index (Phi) is 6.28. The second-order valence-corrected chi connectivity index (χ2v) is 5.57. The highest BCUT2D eigenvalue weighted by Gasteiger charge is 2.11. The van der Waals surface area contributed by atoms with Crippen LogP contribution in [-0.2, 0) is 0 Å². The first kappa shape index (κ1) is 18.2. The van der Waals surface area contributed by atoms with Crippen molar-refractivity contribution >= 4 is 17.5 Å². The minimum atomic E-state index is -0.357. The summed E-state index contributed by atoms with van der Waals surface area (Å²) in [5.41, 5.74) is 1.16. The maximum atomic E-state index is 12.3. The average molecular weight is 339 g/mol. The van der Waals surface area contributed by atoms with Gasteiger partial charge >= 0.3 is 0 Å². The van der Waals surface area contributed by atoms with E-state index in [1.54, 1.807) is 36.4 Å². The van der Waals surface area contributed by atoms with Gasteiger partial charge in [-0.15, -0.1) is 6.58 Å². The summed E-state index contributed by atoms with van der Waals surface area (Å²) in [6.07, 6.45) is 3.08. The van der Waals surface area contributed by atoms with Gasteiger partial charge in [0.2, 0.25) is 0 Å². The second-order valence-electron chi connectivity index (χ2n) is 5.57. The van der Waals surface area contributed by atoms with E-state index >= 15 is 0 Å². The molecule has 0 bridgehead atoms. The summed E-state index contributed by atoms with van der Waals surface area (Å²) in [5.74, 6) is 0.0560. The van der Waals surface area contributed by atoms with Crippen LogP contribution in [-0.4, -0.2) is 29.4 Å². The zero-order chi connectivity index (χ0) is 18.2. The maximum absolute atomic E-state index is 12.3. The number of benzene rings is 1. The van der Waals surface area contributed by atoms with E-state index in [1.807, 2.05) is 13.8 Å². The smallest absolute Gasteiger partial charge is 0.270 e. The van der Waals surface area contributed by atoms with Gasteiger partial charge in [0.1, 0.15) is 11.4 Å². The van der Waals surface area contributed by atoms with E-state index in [1.165, 1.54) is 12.3 Å². The zero-order valence-electron chi connectivity index (χ0n) is 14.3. The third-order valence-electron chi connectivity index (χ3n) is 3.15. The van der Waals surface area contributed by atoms with Crippen LogP contribution < -0.4 is 15.4 Å². The molecule has 0 saturated carbocycles. The lowest BCUT2D eigenvalue weighted by molar-refractivity contribution is 0.0953. The number of nitrogens with zero attached hydrogens (tertiary/aromatic N) is 1. The number of hydrogen-bond donors (Lipinski definition) is 2. The van der Waals surface area contributed by atoms with E-state index in [0.717, 1.165) is 5.75 Å². The lowest BCUT2D eigenvalue weighted by Gasteiger charge is -2.11. The summed E-state index contributed by atoms with van der Waals surface area (Å²) in [6.45, 7) is 7.76. The van der Waals surface area contributed by atoms with Crippen LogP contribution in [0.1, 0.15) is 34.7 Å². The van der Waals surface area contributed by atoms with Gasteiger partial charge in [0.25, 0.3) is 11.8 Å². The molecule has 2 N–H and O–H groups in total. The van der Waals surface area contributed by atoms with E-state index in [4.69, 9.17) is 4.74 Å². The third kappa shape index (κ3) is 5.46. The Balaban J connectivity index is 2.05. The molecular formula is C19H21N3O3. The van der Waals surface area contributed by atoms with Gasteiger partial charge in [0, 0.05) is 24.0 Å². The molecule has 0 radical (unpaired) electrons. The Morgan fingerprint density at radius 2 is 1.92 bits per heavy atom. The molecule has 0 atom stereocenters. The van der Waals surface area contributed by atoms with Gasteiger partial charge in [-0.2, -0.15) is 0 Å². The quantitative estimate of drug-likeness (QED) is 0.760. The van der Waals surface area contributed by atoms with Crippen molar-refractivity contribution in [3.8, 4) is 5.75 Å². The molecule has 1 aromatic carbocycles. The van der Waals surface area contributed by atoms with Gasteiger partial charge in [-0.3, -0.25) is 14.6 Å². The molecule has 1 aromatic heterocycles. The topological polar surface area (TPSA) is 80.3 Å². The standard InChI is InChI=1S/C19H21N3O3/c1-4-10-21-19(24)17-12-14(9-11-20-17)18(23)22-15-5-7-16(8-6-15)25-13(2)3/h4-9,11-13H,1,10H2,2-3H3,(H,21,24)(H,22,23). The predicted octanol–water partition coefficient (Wildman–Crippen LogP) is 3.04. The van der Waals surface area contributed by atoms with Crippen molar-refractivity contribution in [3.63, 3.8) is 0 Å². The molecule has 25 heavy (non-hydrogen) atoms. The van der Waals surface area contributed by atoms with E-state index in [2.05, 4.69) is 22.2 Å². The molecular weight excluding hydrogens is 318 g/mol. The number of amides is 2. The van der Waals surface area contributed by atoms with Gasteiger partial charge in [-0.05, 0) is 50.2 Å². The van der Waals surface area contributed by atoms with Crippen LogP contribution in [0.25, 0.3) is 0 Å². The number of anilines is 1. The molecule has 0 unspecified atom stereocenters. The monoisotopic (exact) mass is 339 g/mol. The average Bonchev–Trinajstić information content (AvgIpc) is 2.61. The molecule has 6 nitrogen and oxygen atoms in total. The van der Waals surface area contributed by atoms with Crippen molar-refractivity contribution in [2.24, 2.45) is 0 Å². The van der Waals surface area contributed by atoms with Crippen LogP contribution in [0.5, 0.6) is 5.75 Å². The highest BCUT2D eigenvalue weighted by molar-refractivity contribution is 6.05. The van der Waals surface area contributed by atoms with Gasteiger partial charge in [0.05, 0.1) is 6.10 Å². The number of rotatable bonds is 7. The molecule has 130 valence electrons. The van der Waals surface area contributed by atoms with Crippen molar-refractivity contribution in [2.45, 2.75) is 20.0 Å². The molecule has 0 aliphatic carbocycles. The molecule has 1 heterocycles. The first-order chi connectivity index (χ1) is 12.0. The fraction of sp³-hybridized carbons (Fsp3) is 0.211. The van der Waals surface area contributed by atoms with Crippen molar-refractivity contribution in [2.75, 3.05) is 11.9 Å². The fourth-order valence-electron chi connectivity index (χ4n) is 2.04.